The maximum atomic E-state index is 11.9. The first-order chi connectivity index (χ1) is 9.15. The lowest BCUT2D eigenvalue weighted by Gasteiger charge is -2.36. The molecule has 0 aromatic rings. The molecule has 2 N–H and O–H groups in total. The second-order valence-corrected chi connectivity index (χ2v) is 7.21. The van der Waals surface area contributed by atoms with Crippen LogP contribution in [0.25, 0.3) is 0 Å². The zero-order chi connectivity index (χ0) is 15.4. The van der Waals surface area contributed by atoms with E-state index in [4.69, 9.17) is 4.74 Å². The number of hydrogen-bond donors (Lipinski definition) is 2. The minimum atomic E-state index is -0.665. The molecule has 0 bridgehead atoms. The lowest BCUT2D eigenvalue weighted by molar-refractivity contribution is -0.157. The number of nitrogens with one attached hydrogen (secondary N) is 1. The molecule has 1 fully saturated rings. The van der Waals surface area contributed by atoms with Crippen LogP contribution in [0.5, 0.6) is 0 Å². The summed E-state index contributed by atoms with van der Waals surface area (Å²) >= 11 is 0. The van der Waals surface area contributed by atoms with Crippen molar-refractivity contribution in [1.29, 1.82) is 0 Å². The molecule has 118 valence electrons. The summed E-state index contributed by atoms with van der Waals surface area (Å²) in [6.45, 7) is 10.0. The fourth-order valence-electron chi connectivity index (χ4n) is 2.62. The van der Waals surface area contributed by atoms with Crippen molar-refractivity contribution < 1.29 is 14.6 Å². The van der Waals surface area contributed by atoms with Crippen LogP contribution >= 0.6 is 0 Å². The van der Waals surface area contributed by atoms with Gasteiger partial charge in [-0.15, -0.1) is 0 Å². The van der Waals surface area contributed by atoms with E-state index in [1.165, 1.54) is 6.42 Å². The Labute approximate surface area is 123 Å². The van der Waals surface area contributed by atoms with E-state index in [2.05, 4.69) is 12.2 Å². The SMILES string of the molecule is CCC1CCC(O)(CNC(C)C(=O)OC(C)(C)C)CC1. The summed E-state index contributed by atoms with van der Waals surface area (Å²) in [5.41, 5.74) is -1.13. The molecule has 1 saturated carbocycles. The highest BCUT2D eigenvalue weighted by molar-refractivity contribution is 5.75. The van der Waals surface area contributed by atoms with Gasteiger partial charge < -0.3 is 15.2 Å². The molecule has 0 amide bonds. The van der Waals surface area contributed by atoms with Gasteiger partial charge in [0.2, 0.25) is 0 Å². The quantitative estimate of drug-likeness (QED) is 0.762. The summed E-state index contributed by atoms with van der Waals surface area (Å²) in [6, 6.07) is -0.387. The highest BCUT2D eigenvalue weighted by Crippen LogP contribution is 2.33. The first-order valence-electron chi connectivity index (χ1n) is 7.84. The zero-order valence-corrected chi connectivity index (χ0v) is 13.7. The van der Waals surface area contributed by atoms with E-state index in [-0.39, 0.29) is 12.0 Å². The molecule has 1 unspecified atom stereocenters. The summed E-state index contributed by atoms with van der Waals surface area (Å²) in [5.74, 6) is 0.488. The summed E-state index contributed by atoms with van der Waals surface area (Å²) < 4.78 is 5.32. The predicted molar refractivity (Wildman–Crippen MR) is 80.5 cm³/mol. The molecule has 0 aromatic heterocycles. The Morgan fingerprint density at radius 3 is 2.40 bits per heavy atom. The predicted octanol–water partition coefficient (Wildman–Crippen LogP) is 2.64. The van der Waals surface area contributed by atoms with Crippen molar-refractivity contribution in [2.24, 2.45) is 5.92 Å². The standard InChI is InChI=1S/C16H31NO3/c1-6-13-7-9-16(19,10-8-13)11-17-12(2)14(18)20-15(3,4)5/h12-13,17,19H,6-11H2,1-5H3. The normalized spacial score (nSPS) is 29.0. The molecule has 0 aliphatic heterocycles. The van der Waals surface area contributed by atoms with E-state index in [0.717, 1.165) is 31.6 Å². The molecule has 0 saturated heterocycles. The first-order valence-corrected chi connectivity index (χ1v) is 7.84. The average molecular weight is 285 g/mol. The van der Waals surface area contributed by atoms with Gasteiger partial charge in [-0.05, 0) is 59.3 Å². The number of ether oxygens (including phenoxy) is 1. The Hall–Kier alpha value is -0.610. The second-order valence-electron chi connectivity index (χ2n) is 7.21. The van der Waals surface area contributed by atoms with E-state index in [1.807, 2.05) is 20.8 Å². The minimum Gasteiger partial charge on any atom is -0.459 e. The molecule has 1 rings (SSSR count). The van der Waals surface area contributed by atoms with Crippen molar-refractivity contribution in [2.75, 3.05) is 6.54 Å². The van der Waals surface area contributed by atoms with Crippen LogP contribution < -0.4 is 5.32 Å². The molecule has 4 nitrogen and oxygen atoms in total. The molecular weight excluding hydrogens is 254 g/mol. The maximum absolute atomic E-state index is 11.9. The third-order valence-corrected chi connectivity index (χ3v) is 4.11. The summed E-state index contributed by atoms with van der Waals surface area (Å²) in [6.07, 6.45) is 4.99. The van der Waals surface area contributed by atoms with E-state index >= 15 is 0 Å². The van der Waals surface area contributed by atoms with Crippen molar-refractivity contribution in [3.8, 4) is 0 Å². The van der Waals surface area contributed by atoms with Crippen molar-refractivity contribution in [3.63, 3.8) is 0 Å². The zero-order valence-electron chi connectivity index (χ0n) is 13.7. The maximum Gasteiger partial charge on any atom is 0.323 e. The van der Waals surface area contributed by atoms with Gasteiger partial charge in [0.15, 0.2) is 0 Å². The molecular formula is C16H31NO3. The van der Waals surface area contributed by atoms with E-state index in [9.17, 15) is 9.90 Å². The van der Waals surface area contributed by atoms with Crippen molar-refractivity contribution in [2.45, 2.75) is 84.0 Å². The summed E-state index contributed by atoms with van der Waals surface area (Å²) in [7, 11) is 0. The number of carbonyl (C=O) groups is 1. The molecule has 0 aromatic carbocycles. The van der Waals surface area contributed by atoms with Gasteiger partial charge in [0.25, 0.3) is 0 Å². The fourth-order valence-corrected chi connectivity index (χ4v) is 2.62. The number of esters is 1. The van der Waals surface area contributed by atoms with Crippen LogP contribution in [0, 0.1) is 5.92 Å². The minimum absolute atomic E-state index is 0.261. The highest BCUT2D eigenvalue weighted by atomic mass is 16.6. The second kappa shape index (κ2) is 6.90. The van der Waals surface area contributed by atoms with Gasteiger partial charge in [0.05, 0.1) is 5.60 Å². The number of hydrogen-bond acceptors (Lipinski definition) is 4. The molecule has 1 aliphatic carbocycles. The van der Waals surface area contributed by atoms with Crippen LogP contribution in [0.4, 0.5) is 0 Å². The number of aliphatic hydroxyl groups is 1. The first kappa shape index (κ1) is 17.4. The Morgan fingerprint density at radius 2 is 1.95 bits per heavy atom. The molecule has 1 aliphatic rings. The lowest BCUT2D eigenvalue weighted by Crippen LogP contribution is -2.49. The number of carbonyl (C=O) groups excluding carboxylic acids is 1. The molecule has 0 spiro atoms. The van der Waals surface area contributed by atoms with Crippen LogP contribution in [0.15, 0.2) is 0 Å². The van der Waals surface area contributed by atoms with Crippen molar-refractivity contribution in [1.82, 2.24) is 5.32 Å². The van der Waals surface area contributed by atoms with Crippen LogP contribution in [-0.4, -0.2) is 34.9 Å². The largest absolute Gasteiger partial charge is 0.459 e. The van der Waals surface area contributed by atoms with E-state index < -0.39 is 11.2 Å². The molecule has 20 heavy (non-hydrogen) atoms. The Bertz CT molecular complexity index is 314. The molecule has 0 radical (unpaired) electrons. The summed E-state index contributed by atoms with van der Waals surface area (Å²) in [5, 5.41) is 13.7. The molecule has 4 heteroatoms. The lowest BCUT2D eigenvalue weighted by atomic mass is 9.78. The van der Waals surface area contributed by atoms with Gasteiger partial charge in [0, 0.05) is 6.54 Å². The van der Waals surface area contributed by atoms with Gasteiger partial charge in [-0.25, -0.2) is 0 Å². The van der Waals surface area contributed by atoms with Crippen molar-refractivity contribution >= 4 is 5.97 Å². The highest BCUT2D eigenvalue weighted by Gasteiger charge is 2.33. The summed E-state index contributed by atoms with van der Waals surface area (Å²) in [4.78, 5) is 11.9. The van der Waals surface area contributed by atoms with Gasteiger partial charge in [0.1, 0.15) is 11.6 Å². The van der Waals surface area contributed by atoms with Gasteiger partial charge in [-0.1, -0.05) is 13.3 Å². The van der Waals surface area contributed by atoms with Gasteiger partial charge in [-0.3, -0.25) is 4.79 Å². The molecule has 0 heterocycles. The Morgan fingerprint density at radius 1 is 1.40 bits per heavy atom. The third-order valence-electron chi connectivity index (χ3n) is 4.11. The topological polar surface area (TPSA) is 58.6 Å². The average Bonchev–Trinajstić information content (AvgIpc) is 2.35. The van der Waals surface area contributed by atoms with Crippen LogP contribution in [-0.2, 0) is 9.53 Å². The van der Waals surface area contributed by atoms with E-state index in [0.29, 0.717) is 6.54 Å². The monoisotopic (exact) mass is 285 g/mol. The van der Waals surface area contributed by atoms with Crippen LogP contribution in [0.2, 0.25) is 0 Å². The van der Waals surface area contributed by atoms with E-state index in [1.54, 1.807) is 6.92 Å². The fraction of sp³-hybridized carbons (Fsp3) is 0.938. The van der Waals surface area contributed by atoms with Gasteiger partial charge in [-0.2, -0.15) is 0 Å². The van der Waals surface area contributed by atoms with Gasteiger partial charge >= 0.3 is 5.97 Å². The van der Waals surface area contributed by atoms with Crippen LogP contribution in [0.1, 0.15) is 66.7 Å². The van der Waals surface area contributed by atoms with Crippen LogP contribution in [0.3, 0.4) is 0 Å². The Kier molecular flexibility index (Phi) is 6.02. The number of rotatable bonds is 5. The molecule has 1 atom stereocenters. The smallest absolute Gasteiger partial charge is 0.323 e. The van der Waals surface area contributed by atoms with Crippen molar-refractivity contribution in [3.05, 3.63) is 0 Å². The Balaban J connectivity index is 2.37. The third kappa shape index (κ3) is 5.80.